The Morgan fingerprint density at radius 3 is 2.80 bits per heavy atom. The van der Waals surface area contributed by atoms with Crippen molar-refractivity contribution in [3.05, 3.63) is 34.0 Å². The molecule has 0 spiro atoms. The van der Waals surface area contributed by atoms with Gasteiger partial charge in [-0.2, -0.15) is 5.26 Å². The van der Waals surface area contributed by atoms with Gasteiger partial charge in [0.05, 0.1) is 22.0 Å². The van der Waals surface area contributed by atoms with Crippen LogP contribution in [0.25, 0.3) is 10.6 Å². The summed E-state index contributed by atoms with van der Waals surface area (Å²) in [4.78, 5) is 8.34. The third kappa shape index (κ3) is 2.22. The number of thiazole rings is 1. The molecule has 0 aromatic carbocycles. The van der Waals surface area contributed by atoms with Crippen molar-refractivity contribution in [2.45, 2.75) is 6.42 Å². The average molecular weight is 280 g/mol. The van der Waals surface area contributed by atoms with E-state index < -0.39 is 0 Å². The van der Waals surface area contributed by atoms with Crippen molar-refractivity contribution in [1.82, 2.24) is 9.97 Å². The van der Waals surface area contributed by atoms with Crippen LogP contribution in [0.5, 0.6) is 0 Å². The van der Waals surface area contributed by atoms with Crippen molar-refractivity contribution < 1.29 is 0 Å². The normalized spacial score (nSPS) is 9.87. The number of nitriles is 1. The van der Waals surface area contributed by atoms with Gasteiger partial charge in [0, 0.05) is 18.0 Å². The number of pyridine rings is 1. The molecule has 3 nitrogen and oxygen atoms in total. The molecule has 2 rings (SSSR count). The van der Waals surface area contributed by atoms with Crippen molar-refractivity contribution in [3.63, 3.8) is 0 Å². The van der Waals surface area contributed by atoms with E-state index in [4.69, 9.17) is 5.26 Å². The van der Waals surface area contributed by atoms with Gasteiger partial charge in [0.15, 0.2) is 0 Å². The maximum atomic E-state index is 8.61. The lowest BCUT2D eigenvalue weighted by Crippen LogP contribution is -1.83. The highest BCUT2D eigenvalue weighted by Crippen LogP contribution is 2.31. The SMILES string of the molecule is N#CCc1nc(-c2ccncc2)sc1Br. The summed E-state index contributed by atoms with van der Waals surface area (Å²) >= 11 is 4.94. The maximum Gasteiger partial charge on any atom is 0.124 e. The molecule has 0 aliphatic carbocycles. The predicted octanol–water partition coefficient (Wildman–Crippen LogP) is 3.03. The predicted molar refractivity (Wildman–Crippen MR) is 62.4 cm³/mol. The second kappa shape index (κ2) is 4.51. The Hall–Kier alpha value is -1.25. The molecule has 2 aromatic heterocycles. The Labute approximate surface area is 99.6 Å². The van der Waals surface area contributed by atoms with Crippen LogP contribution in [0.15, 0.2) is 28.3 Å². The molecule has 0 bridgehead atoms. The van der Waals surface area contributed by atoms with Crippen LogP contribution < -0.4 is 0 Å². The molecule has 0 unspecified atom stereocenters. The number of aromatic nitrogens is 2. The fraction of sp³-hybridized carbons (Fsp3) is 0.100. The van der Waals surface area contributed by atoms with E-state index in [0.29, 0.717) is 6.42 Å². The molecule has 0 saturated carbocycles. The van der Waals surface area contributed by atoms with E-state index in [1.807, 2.05) is 12.1 Å². The van der Waals surface area contributed by atoms with Gasteiger partial charge in [0.2, 0.25) is 0 Å². The zero-order chi connectivity index (χ0) is 10.7. The van der Waals surface area contributed by atoms with Gasteiger partial charge in [-0.3, -0.25) is 4.98 Å². The van der Waals surface area contributed by atoms with Crippen LogP contribution in [0.3, 0.4) is 0 Å². The molecular formula is C10H6BrN3S. The first-order valence-electron chi connectivity index (χ1n) is 4.24. The molecule has 0 atom stereocenters. The number of halogens is 1. The first-order valence-corrected chi connectivity index (χ1v) is 5.85. The Morgan fingerprint density at radius 2 is 2.13 bits per heavy atom. The van der Waals surface area contributed by atoms with Crippen molar-refractivity contribution in [3.8, 4) is 16.6 Å². The Balaban J connectivity index is 2.40. The summed E-state index contributed by atoms with van der Waals surface area (Å²) in [5.74, 6) is 0. The summed E-state index contributed by atoms with van der Waals surface area (Å²) in [5, 5.41) is 9.52. The van der Waals surface area contributed by atoms with Gasteiger partial charge in [0.25, 0.3) is 0 Å². The van der Waals surface area contributed by atoms with Crippen molar-refractivity contribution in [2.75, 3.05) is 0 Å². The summed E-state index contributed by atoms with van der Waals surface area (Å²) in [5.41, 5.74) is 1.83. The average Bonchev–Trinajstić information content (AvgIpc) is 2.63. The van der Waals surface area contributed by atoms with E-state index in [1.54, 1.807) is 12.4 Å². The van der Waals surface area contributed by atoms with Crippen LogP contribution in [0.2, 0.25) is 0 Å². The minimum absolute atomic E-state index is 0.335. The van der Waals surface area contributed by atoms with E-state index in [-0.39, 0.29) is 0 Å². The fourth-order valence-electron chi connectivity index (χ4n) is 1.14. The van der Waals surface area contributed by atoms with Crippen LogP contribution in [0, 0.1) is 11.3 Å². The zero-order valence-electron chi connectivity index (χ0n) is 7.64. The minimum atomic E-state index is 0.335. The molecule has 0 aliphatic heterocycles. The first-order chi connectivity index (χ1) is 7.31. The van der Waals surface area contributed by atoms with Gasteiger partial charge in [0.1, 0.15) is 5.01 Å². The number of hydrogen-bond donors (Lipinski definition) is 0. The second-order valence-electron chi connectivity index (χ2n) is 2.81. The molecule has 15 heavy (non-hydrogen) atoms. The molecule has 2 aromatic rings. The first kappa shape index (κ1) is 10.3. The fourth-order valence-corrected chi connectivity index (χ4v) is 2.64. The quantitative estimate of drug-likeness (QED) is 0.849. The monoisotopic (exact) mass is 279 g/mol. The number of nitrogens with zero attached hydrogens (tertiary/aromatic N) is 3. The largest absolute Gasteiger partial charge is 0.265 e. The van der Waals surface area contributed by atoms with Gasteiger partial charge in [-0.05, 0) is 28.1 Å². The lowest BCUT2D eigenvalue weighted by Gasteiger charge is -1.92. The van der Waals surface area contributed by atoms with Crippen molar-refractivity contribution in [2.24, 2.45) is 0 Å². The van der Waals surface area contributed by atoms with Crippen LogP contribution in [0.1, 0.15) is 5.69 Å². The van der Waals surface area contributed by atoms with Gasteiger partial charge < -0.3 is 0 Å². The van der Waals surface area contributed by atoms with E-state index in [1.165, 1.54) is 11.3 Å². The minimum Gasteiger partial charge on any atom is -0.265 e. The number of rotatable bonds is 2. The highest BCUT2D eigenvalue weighted by Gasteiger charge is 2.09. The van der Waals surface area contributed by atoms with Gasteiger partial charge in [-0.1, -0.05) is 0 Å². The van der Waals surface area contributed by atoms with Crippen LogP contribution in [0.4, 0.5) is 0 Å². The van der Waals surface area contributed by atoms with Gasteiger partial charge in [-0.15, -0.1) is 11.3 Å². The molecule has 0 radical (unpaired) electrons. The summed E-state index contributed by atoms with van der Waals surface area (Å²) in [6, 6.07) is 5.90. The molecule has 0 saturated heterocycles. The topological polar surface area (TPSA) is 49.6 Å². The van der Waals surface area contributed by atoms with Crippen molar-refractivity contribution >= 4 is 27.3 Å². The molecule has 0 amide bonds. The molecule has 0 N–H and O–H groups in total. The molecule has 0 aliphatic rings. The zero-order valence-corrected chi connectivity index (χ0v) is 10.0. The lowest BCUT2D eigenvalue weighted by molar-refractivity contribution is 1.15. The molecule has 2 heterocycles. The van der Waals surface area contributed by atoms with Gasteiger partial charge in [-0.25, -0.2) is 4.98 Å². The van der Waals surface area contributed by atoms with E-state index >= 15 is 0 Å². The highest BCUT2D eigenvalue weighted by atomic mass is 79.9. The standard InChI is InChI=1S/C10H6BrN3S/c11-9-8(1-4-12)14-10(15-9)7-2-5-13-6-3-7/h2-3,5-6H,1H2. The third-order valence-corrected chi connectivity index (χ3v) is 3.70. The molecular weight excluding hydrogens is 274 g/mol. The van der Waals surface area contributed by atoms with Crippen LogP contribution >= 0.6 is 27.3 Å². The van der Waals surface area contributed by atoms with Crippen molar-refractivity contribution in [1.29, 1.82) is 5.26 Å². The summed E-state index contributed by atoms with van der Waals surface area (Å²) < 4.78 is 0.927. The second-order valence-corrected chi connectivity index (χ2v) is 5.13. The lowest BCUT2D eigenvalue weighted by atomic mass is 10.3. The van der Waals surface area contributed by atoms with E-state index in [2.05, 4.69) is 32.0 Å². The summed E-state index contributed by atoms with van der Waals surface area (Å²) in [7, 11) is 0. The molecule has 0 fully saturated rings. The van der Waals surface area contributed by atoms with Gasteiger partial charge >= 0.3 is 0 Å². The molecule has 5 heteroatoms. The summed E-state index contributed by atoms with van der Waals surface area (Å²) in [6.07, 6.45) is 3.80. The third-order valence-electron chi connectivity index (χ3n) is 1.82. The van der Waals surface area contributed by atoms with Crippen LogP contribution in [-0.2, 0) is 6.42 Å². The van der Waals surface area contributed by atoms with E-state index in [0.717, 1.165) is 20.1 Å². The Bertz CT molecular complexity index is 501. The smallest absolute Gasteiger partial charge is 0.124 e. The number of hydrogen-bond acceptors (Lipinski definition) is 4. The highest BCUT2D eigenvalue weighted by molar-refractivity contribution is 9.11. The van der Waals surface area contributed by atoms with Crippen LogP contribution in [-0.4, -0.2) is 9.97 Å². The summed E-state index contributed by atoms with van der Waals surface area (Å²) in [6.45, 7) is 0. The maximum absolute atomic E-state index is 8.61. The van der Waals surface area contributed by atoms with E-state index in [9.17, 15) is 0 Å². The molecule has 74 valence electrons. The Morgan fingerprint density at radius 1 is 1.40 bits per heavy atom. The Kier molecular flexibility index (Phi) is 3.09.